The molecule has 0 aromatic carbocycles. The van der Waals surface area contributed by atoms with Gasteiger partial charge in [0, 0.05) is 17.0 Å². The van der Waals surface area contributed by atoms with Crippen molar-refractivity contribution in [3.63, 3.8) is 0 Å². The third-order valence-electron chi connectivity index (χ3n) is 3.52. The molecule has 0 saturated heterocycles. The summed E-state index contributed by atoms with van der Waals surface area (Å²) in [6.07, 6.45) is 5.71. The lowest BCUT2D eigenvalue weighted by molar-refractivity contribution is -0.143. The summed E-state index contributed by atoms with van der Waals surface area (Å²) in [5, 5.41) is 12.4. The van der Waals surface area contributed by atoms with Crippen molar-refractivity contribution in [3.8, 4) is 6.07 Å². The Hall–Kier alpha value is -2.66. The minimum atomic E-state index is -0.825. The Labute approximate surface area is 149 Å². The number of hydrogen-bond donors (Lipinski definition) is 1. The number of rotatable bonds is 6. The van der Waals surface area contributed by atoms with E-state index in [0.29, 0.717) is 10.6 Å². The van der Waals surface area contributed by atoms with E-state index >= 15 is 0 Å². The van der Waals surface area contributed by atoms with Gasteiger partial charge in [-0.15, -0.1) is 11.3 Å². The van der Waals surface area contributed by atoms with E-state index in [1.54, 1.807) is 6.92 Å². The fourth-order valence-corrected chi connectivity index (χ4v) is 3.70. The molecule has 1 aliphatic rings. The molecular weight excluding hydrogens is 344 g/mol. The van der Waals surface area contributed by atoms with Gasteiger partial charge in [-0.05, 0) is 38.2 Å². The zero-order chi connectivity index (χ0) is 18.2. The molecule has 1 aliphatic carbocycles. The monoisotopic (exact) mass is 362 g/mol. The number of anilines is 1. The Balaban J connectivity index is 1.89. The molecule has 2 rings (SSSR count). The highest BCUT2D eigenvalue weighted by atomic mass is 32.1. The molecule has 0 saturated carbocycles. The summed E-state index contributed by atoms with van der Waals surface area (Å²) >= 11 is 1.40. The van der Waals surface area contributed by atoms with Gasteiger partial charge in [0.25, 0.3) is 5.91 Å². The Morgan fingerprint density at radius 1 is 1.20 bits per heavy atom. The first-order chi connectivity index (χ1) is 12.0. The molecule has 25 heavy (non-hydrogen) atoms. The molecule has 0 radical (unpaired) electrons. The van der Waals surface area contributed by atoms with Crippen LogP contribution in [0.2, 0.25) is 0 Å². The van der Waals surface area contributed by atoms with Crippen molar-refractivity contribution in [3.05, 3.63) is 28.2 Å². The van der Waals surface area contributed by atoms with Gasteiger partial charge < -0.3 is 14.8 Å². The van der Waals surface area contributed by atoms with Gasteiger partial charge in [0.2, 0.25) is 0 Å². The smallest absolute Gasteiger partial charge is 0.331 e. The summed E-state index contributed by atoms with van der Waals surface area (Å²) in [7, 11) is 0. The van der Waals surface area contributed by atoms with Crippen LogP contribution in [0.5, 0.6) is 0 Å². The normalized spacial score (nSPS) is 13.0. The first-order valence-corrected chi connectivity index (χ1v) is 8.72. The van der Waals surface area contributed by atoms with Crippen LogP contribution in [0.3, 0.4) is 0 Å². The van der Waals surface area contributed by atoms with Gasteiger partial charge >= 0.3 is 11.9 Å². The fourth-order valence-electron chi connectivity index (χ4n) is 2.45. The van der Waals surface area contributed by atoms with E-state index in [0.717, 1.165) is 48.3 Å². The number of nitrogens with one attached hydrogen (secondary N) is 1. The van der Waals surface area contributed by atoms with Crippen molar-refractivity contribution >= 4 is 34.2 Å². The summed E-state index contributed by atoms with van der Waals surface area (Å²) in [5.74, 6) is -2.02. The van der Waals surface area contributed by atoms with E-state index in [2.05, 4.69) is 16.1 Å². The van der Waals surface area contributed by atoms with Gasteiger partial charge in [-0.25, -0.2) is 9.59 Å². The SMILES string of the molecule is CCOC(=O)/C=C/C(=O)OCC(=O)Nc1sc2c(c1C#N)CCCC2. The van der Waals surface area contributed by atoms with Gasteiger partial charge in [-0.1, -0.05) is 0 Å². The molecule has 1 heterocycles. The van der Waals surface area contributed by atoms with E-state index in [1.807, 2.05) is 0 Å². The maximum absolute atomic E-state index is 11.9. The number of carbonyl (C=O) groups excluding carboxylic acids is 3. The summed E-state index contributed by atoms with van der Waals surface area (Å²) in [6, 6.07) is 2.14. The minimum absolute atomic E-state index is 0.201. The third-order valence-corrected chi connectivity index (χ3v) is 4.73. The fraction of sp³-hybridized carbons (Fsp3) is 0.412. The van der Waals surface area contributed by atoms with Gasteiger partial charge in [0.15, 0.2) is 6.61 Å². The summed E-state index contributed by atoms with van der Waals surface area (Å²) in [6.45, 7) is 1.35. The van der Waals surface area contributed by atoms with Crippen molar-refractivity contribution in [1.82, 2.24) is 0 Å². The molecule has 0 unspecified atom stereocenters. The summed E-state index contributed by atoms with van der Waals surface area (Å²) in [5.41, 5.74) is 1.52. The predicted molar refractivity (Wildman–Crippen MR) is 91.0 cm³/mol. The van der Waals surface area contributed by atoms with Gasteiger partial charge in [-0.2, -0.15) is 5.26 Å². The number of amides is 1. The Bertz CT molecular complexity index is 745. The highest BCUT2D eigenvalue weighted by Gasteiger charge is 2.21. The lowest BCUT2D eigenvalue weighted by Crippen LogP contribution is -2.20. The first-order valence-electron chi connectivity index (χ1n) is 7.91. The second kappa shape index (κ2) is 8.99. The average molecular weight is 362 g/mol. The van der Waals surface area contributed by atoms with Crippen molar-refractivity contribution in [1.29, 1.82) is 5.26 Å². The number of fused-ring (bicyclic) bond motifs is 1. The maximum atomic E-state index is 11.9. The van der Waals surface area contributed by atoms with Crippen LogP contribution in [0.25, 0.3) is 0 Å². The third kappa shape index (κ3) is 5.16. The number of ether oxygens (including phenoxy) is 2. The predicted octanol–water partition coefficient (Wildman–Crippen LogP) is 2.10. The van der Waals surface area contributed by atoms with E-state index in [9.17, 15) is 19.6 Å². The van der Waals surface area contributed by atoms with Crippen LogP contribution < -0.4 is 5.32 Å². The molecule has 0 aliphatic heterocycles. The van der Waals surface area contributed by atoms with Crippen LogP contribution in [0.1, 0.15) is 35.8 Å². The van der Waals surface area contributed by atoms with Crippen molar-refractivity contribution in [2.24, 2.45) is 0 Å². The number of thiophene rings is 1. The Kier molecular flexibility index (Phi) is 6.71. The average Bonchev–Trinajstić information content (AvgIpc) is 2.95. The van der Waals surface area contributed by atoms with E-state index in [-0.39, 0.29) is 6.61 Å². The molecule has 0 atom stereocenters. The lowest BCUT2D eigenvalue weighted by atomic mass is 9.96. The van der Waals surface area contributed by atoms with Crippen LogP contribution in [-0.4, -0.2) is 31.1 Å². The number of nitriles is 1. The molecule has 0 fully saturated rings. The second-order valence-electron chi connectivity index (χ2n) is 5.27. The van der Waals surface area contributed by atoms with E-state index < -0.39 is 24.5 Å². The minimum Gasteiger partial charge on any atom is -0.463 e. The van der Waals surface area contributed by atoms with Gasteiger partial charge in [0.05, 0.1) is 12.2 Å². The van der Waals surface area contributed by atoms with Crippen molar-refractivity contribution in [2.75, 3.05) is 18.5 Å². The summed E-state index contributed by atoms with van der Waals surface area (Å²) < 4.78 is 9.38. The molecular formula is C17H18N2O5S. The van der Waals surface area contributed by atoms with Crippen molar-refractivity contribution in [2.45, 2.75) is 32.6 Å². The van der Waals surface area contributed by atoms with Crippen LogP contribution >= 0.6 is 11.3 Å². The maximum Gasteiger partial charge on any atom is 0.331 e. The number of hydrogen-bond acceptors (Lipinski definition) is 7. The molecule has 1 aromatic rings. The second-order valence-corrected chi connectivity index (χ2v) is 6.37. The van der Waals surface area contributed by atoms with Gasteiger partial charge in [0.1, 0.15) is 11.1 Å². The largest absolute Gasteiger partial charge is 0.463 e. The zero-order valence-corrected chi connectivity index (χ0v) is 14.6. The van der Waals surface area contributed by atoms with Crippen LogP contribution in [0, 0.1) is 11.3 Å². The molecule has 1 N–H and O–H groups in total. The highest BCUT2D eigenvalue weighted by molar-refractivity contribution is 7.16. The zero-order valence-electron chi connectivity index (χ0n) is 13.8. The van der Waals surface area contributed by atoms with Gasteiger partial charge in [-0.3, -0.25) is 4.79 Å². The number of aryl methyl sites for hydroxylation is 1. The first kappa shape index (κ1) is 18.7. The van der Waals surface area contributed by atoms with E-state index in [4.69, 9.17) is 4.74 Å². The number of carbonyl (C=O) groups is 3. The Morgan fingerprint density at radius 2 is 1.88 bits per heavy atom. The van der Waals surface area contributed by atoms with Crippen LogP contribution in [0.15, 0.2) is 12.2 Å². The molecule has 0 spiro atoms. The molecule has 1 amide bonds. The highest BCUT2D eigenvalue weighted by Crippen LogP contribution is 2.37. The van der Waals surface area contributed by atoms with Crippen LogP contribution in [0.4, 0.5) is 5.00 Å². The van der Waals surface area contributed by atoms with Crippen LogP contribution in [-0.2, 0) is 36.7 Å². The Morgan fingerprint density at radius 3 is 2.56 bits per heavy atom. The molecule has 7 nitrogen and oxygen atoms in total. The molecule has 132 valence electrons. The standard InChI is InChI=1S/C17H18N2O5S/c1-2-23-15(21)7-8-16(22)24-10-14(20)19-17-12(9-18)11-5-3-4-6-13(11)25-17/h7-8H,2-6,10H2,1H3,(H,19,20)/b8-7+. The number of esters is 2. The topological polar surface area (TPSA) is 105 Å². The quantitative estimate of drug-likeness (QED) is 0.614. The van der Waals surface area contributed by atoms with Crippen molar-refractivity contribution < 1.29 is 23.9 Å². The molecule has 0 bridgehead atoms. The van der Waals surface area contributed by atoms with E-state index in [1.165, 1.54) is 11.3 Å². The molecule has 1 aromatic heterocycles. The summed E-state index contributed by atoms with van der Waals surface area (Å²) in [4.78, 5) is 35.6. The number of nitrogens with zero attached hydrogens (tertiary/aromatic N) is 1. The molecule has 8 heteroatoms. The lowest BCUT2D eigenvalue weighted by Gasteiger charge is -2.09.